The van der Waals surface area contributed by atoms with Gasteiger partial charge in [-0.25, -0.2) is 0 Å². The molecule has 0 fully saturated rings. The highest BCUT2D eigenvalue weighted by atomic mass is 127. The summed E-state index contributed by atoms with van der Waals surface area (Å²) in [5.74, 6) is 0. The number of fused-ring (bicyclic) bond motifs is 6. The number of nitrogen functional groups attached to an aromatic ring is 2. The highest BCUT2D eigenvalue weighted by molar-refractivity contribution is 14.1. The van der Waals surface area contributed by atoms with Crippen LogP contribution >= 0.6 is 22.6 Å². The average Bonchev–Trinajstić information content (AvgIpc) is 3.14. The fraction of sp³-hybridized carbons (Fsp3) is 0.0909. The van der Waals surface area contributed by atoms with Gasteiger partial charge in [0.15, 0.2) is 0 Å². The average molecular weight is 617 g/mol. The zero-order chi connectivity index (χ0) is 26.5. The Labute approximate surface area is 237 Å². The van der Waals surface area contributed by atoms with Crippen LogP contribution in [-0.4, -0.2) is 0 Å². The molecular weight excluding hydrogens is 593 g/mol. The van der Waals surface area contributed by atoms with Crippen LogP contribution < -0.4 is 28.7 Å². The summed E-state index contributed by atoms with van der Waals surface area (Å²) in [7, 11) is 0. The number of allylic oxidation sites excluding steroid dienone is 2. The van der Waals surface area contributed by atoms with Crippen LogP contribution in [0.1, 0.15) is 33.4 Å². The molecule has 0 aromatic heterocycles. The van der Waals surface area contributed by atoms with Gasteiger partial charge in [0.25, 0.3) is 0 Å². The minimum atomic E-state index is -0.809. The van der Waals surface area contributed by atoms with Gasteiger partial charge in [-0.05, 0) is 102 Å². The van der Waals surface area contributed by atoms with Crippen LogP contribution in [-0.2, 0) is 16.4 Å². The number of alkyl halides is 1. The van der Waals surface area contributed by atoms with Gasteiger partial charge in [-0.1, -0.05) is 52.9 Å². The van der Waals surface area contributed by atoms with Crippen LogP contribution in [0.25, 0.3) is 66.4 Å². The molecule has 10 N–H and O–H groups in total. The molecule has 3 aliphatic carbocycles. The van der Waals surface area contributed by atoms with Gasteiger partial charge in [0.2, 0.25) is 0 Å². The second-order valence-electron chi connectivity index (χ2n) is 11.3. The third-order valence-electron chi connectivity index (χ3n) is 9.10. The molecular formula is C33H24IN5. The van der Waals surface area contributed by atoms with E-state index in [4.69, 9.17) is 28.7 Å². The van der Waals surface area contributed by atoms with Gasteiger partial charge >= 0.3 is 0 Å². The summed E-state index contributed by atoms with van der Waals surface area (Å²) < 4.78 is -0.809. The molecule has 6 aromatic carbocycles. The second kappa shape index (κ2) is 6.76. The van der Waals surface area contributed by atoms with E-state index < -0.39 is 3.55 Å². The number of nitrogens with two attached hydrogens (primary N) is 5. The van der Waals surface area contributed by atoms with Crippen LogP contribution in [0.5, 0.6) is 0 Å². The summed E-state index contributed by atoms with van der Waals surface area (Å²) in [6.07, 6.45) is 5.65. The Hall–Kier alpha value is -4.01. The van der Waals surface area contributed by atoms with E-state index in [2.05, 4.69) is 77.2 Å². The molecule has 5 nitrogen and oxygen atoms in total. The number of hydrogen-bond acceptors (Lipinski definition) is 5. The lowest BCUT2D eigenvalue weighted by Gasteiger charge is -2.30. The maximum atomic E-state index is 7.49. The van der Waals surface area contributed by atoms with Crippen LogP contribution in [0, 0.1) is 0 Å². The molecule has 39 heavy (non-hydrogen) atoms. The van der Waals surface area contributed by atoms with E-state index in [1.807, 2.05) is 6.07 Å². The molecule has 0 bridgehead atoms. The lowest BCUT2D eigenvalue weighted by atomic mass is 9.78. The predicted molar refractivity (Wildman–Crippen MR) is 173 cm³/mol. The minimum Gasteiger partial charge on any atom is -0.402 e. The van der Waals surface area contributed by atoms with Crippen molar-refractivity contribution >= 4 is 89.2 Å². The van der Waals surface area contributed by atoms with Crippen molar-refractivity contribution in [3.05, 3.63) is 93.3 Å². The lowest BCUT2D eigenvalue weighted by Crippen LogP contribution is -2.30. The second-order valence-corrected chi connectivity index (χ2v) is 13.0. The molecule has 188 valence electrons. The van der Waals surface area contributed by atoms with Crippen molar-refractivity contribution in [3.8, 4) is 11.1 Å². The third-order valence-corrected chi connectivity index (χ3v) is 10.2. The summed E-state index contributed by atoms with van der Waals surface area (Å²) in [6, 6.07) is 17.0. The number of halogens is 1. The molecule has 1 atom stereocenters. The summed E-state index contributed by atoms with van der Waals surface area (Å²) in [5.41, 5.74) is 46.5. The Morgan fingerprint density at radius 1 is 0.692 bits per heavy atom. The highest BCUT2D eigenvalue weighted by Crippen LogP contribution is 2.60. The van der Waals surface area contributed by atoms with Crippen LogP contribution in [0.2, 0.25) is 0 Å². The van der Waals surface area contributed by atoms with Gasteiger partial charge < -0.3 is 28.7 Å². The van der Waals surface area contributed by atoms with E-state index in [-0.39, 0.29) is 0 Å². The van der Waals surface area contributed by atoms with Gasteiger partial charge in [0.1, 0.15) is 3.55 Å². The normalized spacial score (nSPS) is 19.1. The molecule has 6 heteroatoms. The summed E-state index contributed by atoms with van der Waals surface area (Å²) in [4.78, 5) is 0. The summed E-state index contributed by atoms with van der Waals surface area (Å²) in [6.45, 7) is 0. The summed E-state index contributed by atoms with van der Waals surface area (Å²) >= 11 is 2.44. The van der Waals surface area contributed by atoms with E-state index in [1.165, 1.54) is 21.9 Å². The largest absolute Gasteiger partial charge is 0.402 e. The molecule has 0 aliphatic heterocycles. The first-order valence-corrected chi connectivity index (χ1v) is 14.2. The van der Waals surface area contributed by atoms with Crippen LogP contribution in [0.3, 0.4) is 0 Å². The topological polar surface area (TPSA) is 130 Å². The summed E-state index contributed by atoms with van der Waals surface area (Å²) in [5, 5.41) is 8.97. The van der Waals surface area contributed by atoms with Crippen molar-refractivity contribution in [2.45, 2.75) is 16.4 Å². The third kappa shape index (κ3) is 2.46. The minimum absolute atomic E-state index is 0.659. The molecule has 6 aromatic rings. The van der Waals surface area contributed by atoms with Crippen molar-refractivity contribution in [1.29, 1.82) is 0 Å². The molecule has 0 saturated carbocycles. The fourth-order valence-corrected chi connectivity index (χ4v) is 8.94. The lowest BCUT2D eigenvalue weighted by molar-refractivity contribution is 0.853. The van der Waals surface area contributed by atoms with Gasteiger partial charge in [0, 0.05) is 51.9 Å². The van der Waals surface area contributed by atoms with Gasteiger partial charge in [-0.2, -0.15) is 0 Å². The first kappa shape index (κ1) is 21.9. The van der Waals surface area contributed by atoms with Gasteiger partial charge in [-0.3, -0.25) is 0 Å². The van der Waals surface area contributed by atoms with E-state index >= 15 is 0 Å². The maximum absolute atomic E-state index is 7.49. The van der Waals surface area contributed by atoms with E-state index in [9.17, 15) is 0 Å². The molecule has 3 aliphatic rings. The van der Waals surface area contributed by atoms with Gasteiger partial charge in [0.05, 0.1) is 0 Å². The fourth-order valence-electron chi connectivity index (χ4n) is 7.76. The number of rotatable bonds is 0. The number of benzene rings is 6. The van der Waals surface area contributed by atoms with E-state index in [1.54, 1.807) is 0 Å². The van der Waals surface area contributed by atoms with Crippen LogP contribution in [0.15, 0.2) is 59.9 Å². The molecule has 0 saturated heterocycles. The van der Waals surface area contributed by atoms with Crippen LogP contribution in [0.4, 0.5) is 11.4 Å². The quantitative estimate of drug-likeness (QED) is 0.0457. The highest BCUT2D eigenvalue weighted by Gasteiger charge is 2.45. The Balaban J connectivity index is 1.56. The zero-order valence-electron chi connectivity index (χ0n) is 21.0. The van der Waals surface area contributed by atoms with E-state index in [0.717, 1.165) is 94.9 Å². The maximum Gasteiger partial charge on any atom is 0.121 e. The Morgan fingerprint density at radius 2 is 1.49 bits per heavy atom. The van der Waals surface area contributed by atoms with Gasteiger partial charge in [-0.15, -0.1) is 0 Å². The van der Waals surface area contributed by atoms with Crippen molar-refractivity contribution in [2.75, 3.05) is 11.5 Å². The van der Waals surface area contributed by atoms with Crippen molar-refractivity contribution in [3.63, 3.8) is 0 Å². The molecule has 9 rings (SSSR count). The van der Waals surface area contributed by atoms with Crippen molar-refractivity contribution in [1.82, 2.24) is 0 Å². The molecule has 0 radical (unpaired) electrons. The zero-order valence-corrected chi connectivity index (χ0v) is 23.1. The van der Waals surface area contributed by atoms with Crippen molar-refractivity contribution < 1.29 is 0 Å². The number of hydrogen-bond donors (Lipinski definition) is 5. The standard InChI is InChI=1S/C33H24IN5/c34-33(39)31-22(11-19-24(37)8-13-2-1-3-18-25(38)12-23(31)29(19)26(13)18)30-20-9-16(35)6-14-4-5-15-7-17(36)10-21(32(30)33)28(15)27(14)20/h1-5,7-9,11-12H,6,10,35-39H2. The van der Waals surface area contributed by atoms with Crippen molar-refractivity contribution in [2.24, 2.45) is 17.2 Å². The molecule has 0 spiro atoms. The smallest absolute Gasteiger partial charge is 0.121 e. The predicted octanol–water partition coefficient (Wildman–Crippen LogP) is 6.19. The molecule has 0 heterocycles. The molecule has 0 amide bonds. The SMILES string of the molecule is NC1=Cc2c3c(c4c5c(ccc(c25)C1)C=C(N)C4)C(N)(I)c1c-3cc2c(N)cc3cccc4c(N)cc1c2c34. The Bertz CT molecular complexity index is 2240. The Kier molecular flexibility index (Phi) is 3.79. The monoisotopic (exact) mass is 617 g/mol. The van der Waals surface area contributed by atoms with E-state index in [0.29, 0.717) is 6.42 Å². The Morgan fingerprint density at radius 3 is 2.33 bits per heavy atom. The molecule has 1 unspecified atom stereocenters. The first-order chi connectivity index (χ1) is 18.7. The first-order valence-electron chi connectivity index (χ1n) is 13.1. The number of anilines is 2.